The van der Waals surface area contributed by atoms with Gasteiger partial charge in [-0.25, -0.2) is 9.97 Å². The largest absolute Gasteiger partial charge is 0.417 e. The summed E-state index contributed by atoms with van der Waals surface area (Å²) < 4.78 is 8.93. The van der Waals surface area contributed by atoms with Crippen LogP contribution < -0.4 is 5.32 Å². The highest BCUT2D eigenvalue weighted by atomic mass is 28.4. The SMILES string of the molecule is CC(C)(C)[Si](C)(C)OC[C@H]1CC[C@H](n2ccc3c(N[C@H]4CCc5ccccc54)ncnc32)C1. The van der Waals surface area contributed by atoms with E-state index in [0.717, 1.165) is 36.3 Å². The van der Waals surface area contributed by atoms with Crippen molar-refractivity contribution in [2.24, 2.45) is 5.92 Å². The third-order valence-electron chi connectivity index (χ3n) is 8.35. The summed E-state index contributed by atoms with van der Waals surface area (Å²) >= 11 is 0. The summed E-state index contributed by atoms with van der Waals surface area (Å²) in [5, 5.41) is 5.12. The maximum absolute atomic E-state index is 6.55. The molecule has 1 aromatic carbocycles. The quantitative estimate of drug-likeness (QED) is 0.405. The normalized spacial score (nSPS) is 23.2. The van der Waals surface area contributed by atoms with Gasteiger partial charge < -0.3 is 14.3 Å². The molecule has 0 saturated heterocycles. The summed E-state index contributed by atoms with van der Waals surface area (Å²) in [6.07, 6.45) is 9.77. The molecule has 5 rings (SSSR count). The van der Waals surface area contributed by atoms with Crippen molar-refractivity contribution < 1.29 is 4.43 Å². The Bertz CT molecular complexity index is 1130. The van der Waals surface area contributed by atoms with Crippen LogP contribution in [0.3, 0.4) is 0 Å². The van der Waals surface area contributed by atoms with Crippen molar-refractivity contribution in [3.05, 3.63) is 54.0 Å². The number of anilines is 1. The molecule has 6 heteroatoms. The van der Waals surface area contributed by atoms with Crippen molar-refractivity contribution in [1.82, 2.24) is 14.5 Å². The van der Waals surface area contributed by atoms with Crippen LogP contribution in [0.1, 0.15) is 69.7 Å². The maximum Gasteiger partial charge on any atom is 0.191 e. The Kier molecular flexibility index (Phi) is 5.86. The molecule has 2 aromatic heterocycles. The number of aryl methyl sites for hydroxylation is 1. The van der Waals surface area contributed by atoms with Gasteiger partial charge in [0.15, 0.2) is 8.32 Å². The van der Waals surface area contributed by atoms with E-state index in [0.29, 0.717) is 18.0 Å². The number of benzene rings is 1. The summed E-state index contributed by atoms with van der Waals surface area (Å²) in [6, 6.07) is 11.8. The number of aromatic nitrogens is 3. The van der Waals surface area contributed by atoms with E-state index in [2.05, 4.69) is 85.3 Å². The molecule has 33 heavy (non-hydrogen) atoms. The average Bonchev–Trinajstić information content (AvgIpc) is 3.50. The fourth-order valence-electron chi connectivity index (χ4n) is 5.25. The number of hydrogen-bond donors (Lipinski definition) is 1. The molecule has 176 valence electrons. The summed E-state index contributed by atoms with van der Waals surface area (Å²) in [4.78, 5) is 9.32. The van der Waals surface area contributed by atoms with Crippen molar-refractivity contribution in [1.29, 1.82) is 0 Å². The lowest BCUT2D eigenvalue weighted by Gasteiger charge is -2.37. The molecule has 0 spiro atoms. The first kappa shape index (κ1) is 22.6. The van der Waals surface area contributed by atoms with Crippen molar-refractivity contribution in [2.75, 3.05) is 11.9 Å². The van der Waals surface area contributed by atoms with Gasteiger partial charge in [0.25, 0.3) is 0 Å². The number of fused-ring (bicyclic) bond motifs is 2. The fourth-order valence-corrected chi connectivity index (χ4v) is 6.33. The van der Waals surface area contributed by atoms with Gasteiger partial charge in [-0.05, 0) is 73.3 Å². The van der Waals surface area contributed by atoms with E-state index in [9.17, 15) is 0 Å². The lowest BCUT2D eigenvalue weighted by Crippen LogP contribution is -2.41. The second-order valence-corrected chi connectivity index (χ2v) is 16.3. The lowest BCUT2D eigenvalue weighted by molar-refractivity contribution is 0.227. The Balaban J connectivity index is 1.29. The first-order valence-electron chi connectivity index (χ1n) is 12.5. The average molecular weight is 463 g/mol. The third-order valence-corrected chi connectivity index (χ3v) is 12.8. The summed E-state index contributed by atoms with van der Waals surface area (Å²) in [6.45, 7) is 12.6. The molecule has 0 unspecified atom stereocenters. The van der Waals surface area contributed by atoms with Crippen molar-refractivity contribution in [3.8, 4) is 0 Å². The second kappa shape index (κ2) is 8.55. The van der Waals surface area contributed by atoms with Crippen molar-refractivity contribution in [3.63, 3.8) is 0 Å². The minimum absolute atomic E-state index is 0.266. The zero-order valence-corrected chi connectivity index (χ0v) is 21.8. The number of rotatable bonds is 6. The summed E-state index contributed by atoms with van der Waals surface area (Å²) in [7, 11) is -1.69. The van der Waals surface area contributed by atoms with E-state index in [-0.39, 0.29) is 5.04 Å². The first-order chi connectivity index (χ1) is 15.7. The van der Waals surface area contributed by atoms with Gasteiger partial charge in [-0.15, -0.1) is 0 Å². The van der Waals surface area contributed by atoms with Crippen LogP contribution >= 0.6 is 0 Å². The van der Waals surface area contributed by atoms with E-state index in [1.54, 1.807) is 6.33 Å². The van der Waals surface area contributed by atoms with Gasteiger partial charge in [-0.3, -0.25) is 0 Å². The van der Waals surface area contributed by atoms with E-state index in [4.69, 9.17) is 9.41 Å². The first-order valence-corrected chi connectivity index (χ1v) is 15.4. The molecule has 1 saturated carbocycles. The van der Waals surface area contributed by atoms with Crippen LogP contribution in [0.25, 0.3) is 11.0 Å². The fraction of sp³-hybridized carbons (Fsp3) is 0.556. The maximum atomic E-state index is 6.55. The molecular weight excluding hydrogens is 424 g/mol. The molecule has 1 fully saturated rings. The lowest BCUT2D eigenvalue weighted by atomic mass is 10.1. The second-order valence-electron chi connectivity index (χ2n) is 11.5. The molecule has 2 aliphatic carbocycles. The Morgan fingerprint density at radius 1 is 1.09 bits per heavy atom. The van der Waals surface area contributed by atoms with Crippen LogP contribution in [0.5, 0.6) is 0 Å². The van der Waals surface area contributed by atoms with Gasteiger partial charge in [0.2, 0.25) is 0 Å². The highest BCUT2D eigenvalue weighted by molar-refractivity contribution is 6.74. The topological polar surface area (TPSA) is 52.0 Å². The molecule has 0 radical (unpaired) electrons. The molecule has 3 atom stereocenters. The van der Waals surface area contributed by atoms with Crippen molar-refractivity contribution >= 4 is 25.2 Å². The molecular formula is C27H38N4OSi. The summed E-state index contributed by atoms with van der Waals surface area (Å²) in [5.41, 5.74) is 3.91. The Labute approximate surface area is 199 Å². The van der Waals surface area contributed by atoms with Gasteiger partial charge in [-0.1, -0.05) is 45.0 Å². The summed E-state index contributed by atoms with van der Waals surface area (Å²) in [5.74, 6) is 1.59. The van der Waals surface area contributed by atoms with Gasteiger partial charge in [0.1, 0.15) is 17.8 Å². The predicted molar refractivity (Wildman–Crippen MR) is 138 cm³/mol. The van der Waals surface area contributed by atoms with Crippen molar-refractivity contribution in [2.45, 2.75) is 83.1 Å². The molecule has 0 amide bonds. The molecule has 0 aliphatic heterocycles. The Morgan fingerprint density at radius 2 is 1.91 bits per heavy atom. The molecule has 2 aliphatic rings. The minimum Gasteiger partial charge on any atom is -0.417 e. The third kappa shape index (κ3) is 4.35. The van der Waals surface area contributed by atoms with Crippen LogP contribution in [0.15, 0.2) is 42.9 Å². The van der Waals surface area contributed by atoms with E-state index >= 15 is 0 Å². The number of hydrogen-bond acceptors (Lipinski definition) is 4. The van der Waals surface area contributed by atoms with Gasteiger partial charge in [0, 0.05) is 18.8 Å². The number of nitrogens with zero attached hydrogens (tertiary/aromatic N) is 3. The van der Waals surface area contributed by atoms with Gasteiger partial charge in [0.05, 0.1) is 11.4 Å². The smallest absolute Gasteiger partial charge is 0.191 e. The highest BCUT2D eigenvalue weighted by Crippen LogP contribution is 2.41. The van der Waals surface area contributed by atoms with Crippen LogP contribution in [-0.2, 0) is 10.8 Å². The Morgan fingerprint density at radius 3 is 2.73 bits per heavy atom. The minimum atomic E-state index is -1.69. The molecule has 3 aromatic rings. The standard InChI is InChI=1S/C27H38N4OSi/c1-27(2,3)33(4,5)32-17-19-10-12-21(16-19)31-15-14-23-25(28-18-29-26(23)31)30-24-13-11-20-8-6-7-9-22(20)24/h6-9,14-15,18-19,21,24H,10-13,16-17H2,1-5H3,(H,28,29,30)/t19-,21-,24-/m0/s1. The zero-order chi connectivity index (χ0) is 23.2. The zero-order valence-electron chi connectivity index (χ0n) is 20.8. The van der Waals surface area contributed by atoms with Crippen LogP contribution in [0.2, 0.25) is 18.1 Å². The van der Waals surface area contributed by atoms with Crippen LogP contribution in [0.4, 0.5) is 5.82 Å². The van der Waals surface area contributed by atoms with Gasteiger partial charge in [-0.2, -0.15) is 0 Å². The van der Waals surface area contributed by atoms with E-state index in [1.165, 1.54) is 30.4 Å². The molecule has 1 N–H and O–H groups in total. The van der Waals surface area contributed by atoms with Gasteiger partial charge >= 0.3 is 0 Å². The molecule has 2 heterocycles. The van der Waals surface area contributed by atoms with Crippen LogP contribution in [0, 0.1) is 5.92 Å². The highest BCUT2D eigenvalue weighted by Gasteiger charge is 2.38. The molecule has 5 nitrogen and oxygen atoms in total. The van der Waals surface area contributed by atoms with E-state index < -0.39 is 8.32 Å². The Hall–Kier alpha value is -2.18. The van der Waals surface area contributed by atoms with Crippen LogP contribution in [-0.4, -0.2) is 29.5 Å². The number of nitrogens with one attached hydrogen (secondary N) is 1. The predicted octanol–water partition coefficient (Wildman–Crippen LogP) is 6.89. The van der Waals surface area contributed by atoms with E-state index in [1.807, 2.05) is 0 Å². The molecule has 0 bridgehead atoms. The monoisotopic (exact) mass is 462 g/mol.